The van der Waals surface area contributed by atoms with Crippen LogP contribution in [-0.2, 0) is 0 Å². The maximum absolute atomic E-state index is 10.6. The lowest BCUT2D eigenvalue weighted by Gasteiger charge is -1.93. The summed E-state index contributed by atoms with van der Waals surface area (Å²) in [5.74, 6) is -0.274. The lowest BCUT2D eigenvalue weighted by Crippen LogP contribution is -1.94. The molecule has 0 N–H and O–H groups in total. The highest BCUT2D eigenvalue weighted by molar-refractivity contribution is 6.32. The summed E-state index contributed by atoms with van der Waals surface area (Å²) >= 11 is 11.3. The number of aromatic nitrogens is 2. The number of halogens is 2. The van der Waals surface area contributed by atoms with Gasteiger partial charge < -0.3 is 10.1 Å². The zero-order valence-corrected chi connectivity index (χ0v) is 8.16. The first kappa shape index (κ1) is 9.23. The Hall–Kier alpha value is -1.33. The zero-order valence-electron chi connectivity index (χ0n) is 6.65. The van der Waals surface area contributed by atoms with Gasteiger partial charge in [-0.25, -0.2) is 0 Å². The minimum Gasteiger partial charge on any atom is -0.358 e. The van der Waals surface area contributed by atoms with Gasteiger partial charge >= 0.3 is 5.82 Å². The van der Waals surface area contributed by atoms with Crippen LogP contribution in [0.25, 0.3) is 5.65 Å². The van der Waals surface area contributed by atoms with Gasteiger partial charge in [0.25, 0.3) is 0 Å². The SMILES string of the molecule is O=[N+]([O-])c1c(Cl)nc2ccc(Cl)cn12. The molecule has 0 atom stereocenters. The molecule has 2 aromatic rings. The summed E-state index contributed by atoms with van der Waals surface area (Å²) in [4.78, 5) is 13.8. The van der Waals surface area contributed by atoms with E-state index in [-0.39, 0.29) is 11.0 Å². The maximum Gasteiger partial charge on any atom is 0.367 e. The first-order valence-corrected chi connectivity index (χ1v) is 4.32. The second kappa shape index (κ2) is 3.11. The molecular weight excluding hydrogens is 229 g/mol. The van der Waals surface area contributed by atoms with E-state index in [1.54, 1.807) is 12.1 Å². The molecule has 0 saturated heterocycles. The van der Waals surface area contributed by atoms with E-state index in [1.165, 1.54) is 10.6 Å². The van der Waals surface area contributed by atoms with Gasteiger partial charge in [-0.3, -0.25) is 0 Å². The minimum atomic E-state index is -0.599. The normalized spacial score (nSPS) is 10.7. The van der Waals surface area contributed by atoms with Crippen molar-refractivity contribution >= 4 is 34.7 Å². The number of imidazole rings is 1. The number of nitrogens with zero attached hydrogens (tertiary/aromatic N) is 3. The Morgan fingerprint density at radius 2 is 2.14 bits per heavy atom. The summed E-state index contributed by atoms with van der Waals surface area (Å²) in [7, 11) is 0. The fourth-order valence-corrected chi connectivity index (χ4v) is 1.55. The molecule has 0 bridgehead atoms. The van der Waals surface area contributed by atoms with E-state index in [4.69, 9.17) is 23.2 Å². The Labute approximate surface area is 88.0 Å². The number of hydrogen-bond acceptors (Lipinski definition) is 3. The molecule has 2 aromatic heterocycles. The molecule has 2 rings (SSSR count). The second-order valence-electron chi connectivity index (χ2n) is 2.56. The van der Waals surface area contributed by atoms with E-state index in [0.29, 0.717) is 10.7 Å². The van der Waals surface area contributed by atoms with Crippen molar-refractivity contribution in [2.45, 2.75) is 0 Å². The van der Waals surface area contributed by atoms with Crippen LogP contribution in [0.1, 0.15) is 0 Å². The predicted octanol–water partition coefficient (Wildman–Crippen LogP) is 2.55. The monoisotopic (exact) mass is 231 g/mol. The third-order valence-corrected chi connectivity index (χ3v) is 2.17. The van der Waals surface area contributed by atoms with Gasteiger partial charge in [-0.2, -0.15) is 9.38 Å². The van der Waals surface area contributed by atoms with Crippen molar-refractivity contribution in [3.05, 3.63) is 38.6 Å². The van der Waals surface area contributed by atoms with Crippen LogP contribution < -0.4 is 0 Å². The average molecular weight is 232 g/mol. The first-order valence-electron chi connectivity index (χ1n) is 3.57. The van der Waals surface area contributed by atoms with Gasteiger partial charge in [-0.05, 0) is 11.0 Å². The number of rotatable bonds is 1. The van der Waals surface area contributed by atoms with Gasteiger partial charge in [0, 0.05) is 6.07 Å². The lowest BCUT2D eigenvalue weighted by molar-refractivity contribution is -0.390. The molecule has 0 aliphatic heterocycles. The van der Waals surface area contributed by atoms with Gasteiger partial charge in [-0.1, -0.05) is 23.2 Å². The standard InChI is InChI=1S/C7H3Cl2N3O2/c8-4-1-2-5-10-6(9)7(12(13)14)11(5)3-4/h1-3H. The van der Waals surface area contributed by atoms with Crippen molar-refractivity contribution < 1.29 is 4.92 Å². The smallest absolute Gasteiger partial charge is 0.358 e. The Kier molecular flexibility index (Phi) is 2.05. The fraction of sp³-hybridized carbons (Fsp3) is 0. The molecule has 0 fully saturated rings. The highest BCUT2D eigenvalue weighted by atomic mass is 35.5. The van der Waals surface area contributed by atoms with Gasteiger partial charge in [0.1, 0.15) is 6.20 Å². The third-order valence-electron chi connectivity index (χ3n) is 1.69. The molecule has 0 aliphatic rings. The average Bonchev–Trinajstić information content (AvgIpc) is 2.40. The van der Waals surface area contributed by atoms with Gasteiger partial charge in [0.15, 0.2) is 0 Å². The molecule has 0 aromatic carbocycles. The van der Waals surface area contributed by atoms with Crippen LogP contribution in [0, 0.1) is 10.1 Å². The molecule has 2 heterocycles. The molecule has 0 saturated carbocycles. The molecule has 0 aliphatic carbocycles. The summed E-state index contributed by atoms with van der Waals surface area (Å²) in [6.45, 7) is 0. The summed E-state index contributed by atoms with van der Waals surface area (Å²) in [5.41, 5.74) is 0.395. The Bertz CT molecular complexity index is 523. The fourth-order valence-electron chi connectivity index (χ4n) is 1.14. The highest BCUT2D eigenvalue weighted by Gasteiger charge is 2.20. The number of nitro groups is 1. The van der Waals surface area contributed by atoms with E-state index in [0.717, 1.165) is 0 Å². The van der Waals surface area contributed by atoms with E-state index >= 15 is 0 Å². The lowest BCUT2D eigenvalue weighted by atomic mass is 10.5. The highest BCUT2D eigenvalue weighted by Crippen LogP contribution is 2.26. The predicted molar refractivity (Wildman–Crippen MR) is 51.9 cm³/mol. The zero-order chi connectivity index (χ0) is 10.3. The summed E-state index contributed by atoms with van der Waals surface area (Å²) in [6.07, 6.45) is 1.40. The van der Waals surface area contributed by atoms with E-state index in [9.17, 15) is 10.1 Å². The van der Waals surface area contributed by atoms with E-state index < -0.39 is 4.92 Å². The molecule has 0 unspecified atom stereocenters. The van der Waals surface area contributed by atoms with Crippen molar-refractivity contribution in [2.75, 3.05) is 0 Å². The quantitative estimate of drug-likeness (QED) is 0.560. The van der Waals surface area contributed by atoms with Crippen molar-refractivity contribution in [2.24, 2.45) is 0 Å². The molecule has 72 valence electrons. The van der Waals surface area contributed by atoms with Crippen LogP contribution in [0.15, 0.2) is 18.3 Å². The molecule has 0 radical (unpaired) electrons. The van der Waals surface area contributed by atoms with Gasteiger partial charge in [-0.15, -0.1) is 0 Å². The number of fused-ring (bicyclic) bond motifs is 1. The Morgan fingerprint density at radius 3 is 2.79 bits per heavy atom. The van der Waals surface area contributed by atoms with Crippen molar-refractivity contribution in [1.29, 1.82) is 0 Å². The van der Waals surface area contributed by atoms with Crippen LogP contribution >= 0.6 is 23.2 Å². The molecule has 0 spiro atoms. The molecule has 5 nitrogen and oxygen atoms in total. The van der Waals surface area contributed by atoms with Crippen molar-refractivity contribution in [3.8, 4) is 0 Å². The molecular formula is C7H3Cl2N3O2. The summed E-state index contributed by atoms with van der Waals surface area (Å²) in [6, 6.07) is 3.14. The van der Waals surface area contributed by atoms with Crippen molar-refractivity contribution in [3.63, 3.8) is 0 Å². The Morgan fingerprint density at radius 1 is 1.43 bits per heavy atom. The maximum atomic E-state index is 10.6. The molecule has 0 amide bonds. The van der Waals surface area contributed by atoms with Crippen LogP contribution in [0.2, 0.25) is 10.2 Å². The van der Waals surface area contributed by atoms with Crippen molar-refractivity contribution in [1.82, 2.24) is 9.38 Å². The topological polar surface area (TPSA) is 60.4 Å². The third kappa shape index (κ3) is 1.30. The molecule has 7 heteroatoms. The van der Waals surface area contributed by atoms with Crippen LogP contribution in [0.4, 0.5) is 5.82 Å². The Balaban J connectivity index is 2.86. The van der Waals surface area contributed by atoms with E-state index in [2.05, 4.69) is 4.98 Å². The summed E-state index contributed by atoms with van der Waals surface area (Å²) in [5, 5.41) is 10.9. The minimum absolute atomic E-state index is 0.141. The second-order valence-corrected chi connectivity index (χ2v) is 3.35. The number of hydrogen-bond donors (Lipinski definition) is 0. The summed E-state index contributed by atoms with van der Waals surface area (Å²) < 4.78 is 1.24. The van der Waals surface area contributed by atoms with Crippen LogP contribution in [0.3, 0.4) is 0 Å². The van der Waals surface area contributed by atoms with E-state index in [1.807, 2.05) is 0 Å². The first-order chi connectivity index (χ1) is 6.59. The largest absolute Gasteiger partial charge is 0.367 e. The van der Waals surface area contributed by atoms with Crippen LogP contribution in [-0.4, -0.2) is 14.3 Å². The molecule has 14 heavy (non-hydrogen) atoms. The van der Waals surface area contributed by atoms with Gasteiger partial charge in [0.05, 0.1) is 5.02 Å². The van der Waals surface area contributed by atoms with Gasteiger partial charge in [0.2, 0.25) is 10.8 Å². The van der Waals surface area contributed by atoms with Crippen LogP contribution in [0.5, 0.6) is 0 Å². The number of pyridine rings is 1.